The highest BCUT2D eigenvalue weighted by molar-refractivity contribution is 5.26. The van der Waals surface area contributed by atoms with Crippen LogP contribution in [0.4, 0.5) is 0 Å². The Morgan fingerprint density at radius 2 is 1.83 bits per heavy atom. The molecule has 0 spiro atoms. The van der Waals surface area contributed by atoms with Crippen molar-refractivity contribution in [1.29, 1.82) is 0 Å². The van der Waals surface area contributed by atoms with E-state index in [4.69, 9.17) is 9.47 Å². The van der Waals surface area contributed by atoms with E-state index in [0.717, 1.165) is 30.8 Å². The van der Waals surface area contributed by atoms with Crippen molar-refractivity contribution in [3.8, 4) is 5.75 Å². The summed E-state index contributed by atoms with van der Waals surface area (Å²) < 4.78 is 11.1. The van der Waals surface area contributed by atoms with Gasteiger partial charge < -0.3 is 14.6 Å². The Kier molecular flexibility index (Phi) is 6.84. The molecule has 23 heavy (non-hydrogen) atoms. The molecule has 1 aliphatic carbocycles. The third-order valence-electron chi connectivity index (χ3n) is 4.29. The summed E-state index contributed by atoms with van der Waals surface area (Å²) in [5.41, 5.74) is 1.11. The molecule has 0 unspecified atom stereocenters. The lowest BCUT2D eigenvalue weighted by atomic mass is 10.1. The largest absolute Gasteiger partial charge is 0.497 e. The molecule has 0 bridgehead atoms. The van der Waals surface area contributed by atoms with Crippen LogP contribution in [0.5, 0.6) is 5.75 Å². The number of nitrogens with zero attached hydrogens (tertiary/aromatic N) is 1. The summed E-state index contributed by atoms with van der Waals surface area (Å²) in [6, 6.07) is 7.97. The van der Waals surface area contributed by atoms with Gasteiger partial charge in [0.1, 0.15) is 5.75 Å². The molecular formula is C19H27NO3. The Morgan fingerprint density at radius 1 is 1.17 bits per heavy atom. The van der Waals surface area contributed by atoms with Crippen LogP contribution in [0.3, 0.4) is 0 Å². The standard InChI is InChI=1S/C19H27NO3/c1-4-10-20(11-5-2)18-12-17(13-19(18)21)23-14-15-6-8-16(22-3)9-7-15/h4-9,17-19,21H,1-2,10-14H2,3H3/t17-,18+,19+/m0/s1. The second kappa shape index (κ2) is 8.87. The van der Waals surface area contributed by atoms with Gasteiger partial charge in [0.2, 0.25) is 0 Å². The predicted octanol–water partition coefficient (Wildman–Crippen LogP) is 2.78. The number of aliphatic hydroxyl groups excluding tert-OH is 1. The quantitative estimate of drug-likeness (QED) is 0.711. The lowest BCUT2D eigenvalue weighted by molar-refractivity contribution is 0.0356. The number of aliphatic hydroxyl groups is 1. The molecule has 126 valence electrons. The molecule has 1 aromatic carbocycles. The fraction of sp³-hybridized carbons (Fsp3) is 0.474. The van der Waals surface area contributed by atoms with Crippen LogP contribution in [-0.4, -0.2) is 48.5 Å². The SMILES string of the molecule is C=CCN(CC=C)[C@@H]1C[C@H](OCc2ccc(OC)cc2)C[C@H]1O. The van der Waals surface area contributed by atoms with E-state index in [1.54, 1.807) is 7.11 Å². The highest BCUT2D eigenvalue weighted by Crippen LogP contribution is 2.28. The van der Waals surface area contributed by atoms with Crippen molar-refractivity contribution in [2.45, 2.75) is 37.7 Å². The topological polar surface area (TPSA) is 41.9 Å². The molecule has 0 heterocycles. The van der Waals surface area contributed by atoms with Crippen LogP contribution in [0.15, 0.2) is 49.6 Å². The maximum Gasteiger partial charge on any atom is 0.118 e. The fourth-order valence-corrected chi connectivity index (χ4v) is 3.09. The van der Waals surface area contributed by atoms with E-state index < -0.39 is 0 Å². The molecule has 2 rings (SSSR count). The molecule has 3 atom stereocenters. The van der Waals surface area contributed by atoms with Crippen molar-refractivity contribution in [2.24, 2.45) is 0 Å². The van der Waals surface area contributed by atoms with Gasteiger partial charge in [-0.2, -0.15) is 0 Å². The zero-order valence-electron chi connectivity index (χ0n) is 13.9. The van der Waals surface area contributed by atoms with Crippen LogP contribution in [0.2, 0.25) is 0 Å². The molecule has 0 amide bonds. The van der Waals surface area contributed by atoms with Crippen LogP contribution >= 0.6 is 0 Å². The first-order valence-electron chi connectivity index (χ1n) is 8.06. The smallest absolute Gasteiger partial charge is 0.118 e. The fourth-order valence-electron chi connectivity index (χ4n) is 3.09. The number of rotatable bonds is 9. The van der Waals surface area contributed by atoms with Crippen LogP contribution in [-0.2, 0) is 11.3 Å². The van der Waals surface area contributed by atoms with Crippen molar-refractivity contribution >= 4 is 0 Å². The first-order chi connectivity index (χ1) is 11.2. The van der Waals surface area contributed by atoms with E-state index in [2.05, 4.69) is 18.1 Å². The molecule has 1 fully saturated rings. The molecule has 0 aliphatic heterocycles. The van der Waals surface area contributed by atoms with Gasteiger partial charge in [-0.3, -0.25) is 4.90 Å². The van der Waals surface area contributed by atoms with Gasteiger partial charge in [-0.25, -0.2) is 0 Å². The second-order valence-corrected chi connectivity index (χ2v) is 5.92. The van der Waals surface area contributed by atoms with Gasteiger partial charge >= 0.3 is 0 Å². The lowest BCUT2D eigenvalue weighted by Crippen LogP contribution is -2.40. The monoisotopic (exact) mass is 317 g/mol. The molecule has 1 N–H and O–H groups in total. The highest BCUT2D eigenvalue weighted by Gasteiger charge is 2.36. The first kappa shape index (κ1) is 17.7. The van der Waals surface area contributed by atoms with E-state index >= 15 is 0 Å². The maximum atomic E-state index is 10.3. The van der Waals surface area contributed by atoms with Crippen LogP contribution in [0.1, 0.15) is 18.4 Å². The highest BCUT2D eigenvalue weighted by atomic mass is 16.5. The van der Waals surface area contributed by atoms with Gasteiger partial charge in [-0.1, -0.05) is 24.3 Å². The Morgan fingerprint density at radius 3 is 2.39 bits per heavy atom. The minimum Gasteiger partial charge on any atom is -0.497 e. The third kappa shape index (κ3) is 4.93. The van der Waals surface area contributed by atoms with Crippen molar-refractivity contribution < 1.29 is 14.6 Å². The molecule has 0 aromatic heterocycles. The first-order valence-corrected chi connectivity index (χ1v) is 8.06. The minimum atomic E-state index is -0.365. The van der Waals surface area contributed by atoms with Gasteiger partial charge in [0.15, 0.2) is 0 Å². The Balaban J connectivity index is 1.87. The molecule has 0 radical (unpaired) electrons. The van der Waals surface area contributed by atoms with Gasteiger partial charge in [0.05, 0.1) is 25.9 Å². The summed E-state index contributed by atoms with van der Waals surface area (Å²) in [4.78, 5) is 2.20. The normalized spacial score (nSPS) is 23.9. The van der Waals surface area contributed by atoms with Crippen LogP contribution in [0.25, 0.3) is 0 Å². The molecule has 4 nitrogen and oxygen atoms in total. The molecular weight excluding hydrogens is 290 g/mol. The lowest BCUT2D eigenvalue weighted by Gasteiger charge is -2.28. The molecule has 4 heteroatoms. The Hall–Kier alpha value is -1.62. The number of hydrogen-bond donors (Lipinski definition) is 1. The summed E-state index contributed by atoms with van der Waals surface area (Å²) in [7, 11) is 1.66. The predicted molar refractivity (Wildman–Crippen MR) is 92.6 cm³/mol. The summed E-state index contributed by atoms with van der Waals surface area (Å²) in [5.74, 6) is 0.842. The molecule has 1 saturated carbocycles. The van der Waals surface area contributed by atoms with Crippen LogP contribution < -0.4 is 4.74 Å². The van der Waals surface area contributed by atoms with E-state index in [0.29, 0.717) is 13.0 Å². The number of methoxy groups -OCH3 is 1. The zero-order valence-corrected chi connectivity index (χ0v) is 13.9. The zero-order chi connectivity index (χ0) is 16.7. The van der Waals surface area contributed by atoms with Gasteiger partial charge in [-0.15, -0.1) is 13.2 Å². The van der Waals surface area contributed by atoms with Crippen molar-refractivity contribution in [3.05, 3.63) is 55.1 Å². The number of benzene rings is 1. The van der Waals surface area contributed by atoms with Crippen molar-refractivity contribution in [1.82, 2.24) is 4.90 Å². The average Bonchev–Trinajstić information content (AvgIpc) is 2.94. The van der Waals surface area contributed by atoms with E-state index in [1.165, 1.54) is 0 Å². The number of ether oxygens (including phenoxy) is 2. The van der Waals surface area contributed by atoms with Gasteiger partial charge in [-0.05, 0) is 24.1 Å². The Bertz CT molecular complexity index is 490. The summed E-state index contributed by atoms with van der Waals surface area (Å²) in [6.45, 7) is 9.63. The molecule has 0 saturated heterocycles. The third-order valence-corrected chi connectivity index (χ3v) is 4.29. The van der Waals surface area contributed by atoms with Gasteiger partial charge in [0, 0.05) is 25.6 Å². The minimum absolute atomic E-state index is 0.0780. The Labute approximate surface area is 139 Å². The van der Waals surface area contributed by atoms with E-state index in [1.807, 2.05) is 36.4 Å². The molecule has 1 aliphatic rings. The van der Waals surface area contributed by atoms with Gasteiger partial charge in [0.25, 0.3) is 0 Å². The summed E-state index contributed by atoms with van der Waals surface area (Å²) >= 11 is 0. The van der Waals surface area contributed by atoms with E-state index in [9.17, 15) is 5.11 Å². The average molecular weight is 317 g/mol. The number of hydrogen-bond acceptors (Lipinski definition) is 4. The second-order valence-electron chi connectivity index (χ2n) is 5.92. The molecule has 1 aromatic rings. The summed E-state index contributed by atoms with van der Waals surface area (Å²) in [5, 5.41) is 10.3. The van der Waals surface area contributed by atoms with Crippen molar-refractivity contribution in [2.75, 3.05) is 20.2 Å². The van der Waals surface area contributed by atoms with Crippen molar-refractivity contribution in [3.63, 3.8) is 0 Å². The van der Waals surface area contributed by atoms with E-state index in [-0.39, 0.29) is 18.2 Å². The summed E-state index contributed by atoms with van der Waals surface area (Å²) in [6.07, 6.45) is 4.94. The van der Waals surface area contributed by atoms with Crippen LogP contribution in [0, 0.1) is 0 Å². The maximum absolute atomic E-state index is 10.3.